The molecule has 5 nitrogen and oxygen atoms in total. The van der Waals surface area contributed by atoms with Crippen LogP contribution >= 0.6 is 0 Å². The Labute approximate surface area is 103 Å². The molecule has 0 aromatic heterocycles. The second-order valence-electron chi connectivity index (χ2n) is 4.82. The van der Waals surface area contributed by atoms with E-state index in [0.717, 1.165) is 25.8 Å². The number of nitrogens with zero attached hydrogens (tertiary/aromatic N) is 1. The molecule has 1 aliphatic heterocycles. The predicted molar refractivity (Wildman–Crippen MR) is 66.6 cm³/mol. The van der Waals surface area contributed by atoms with E-state index in [9.17, 15) is 9.59 Å². The van der Waals surface area contributed by atoms with E-state index < -0.39 is 6.04 Å². The van der Waals surface area contributed by atoms with Crippen molar-refractivity contribution < 1.29 is 9.59 Å². The molecule has 5 heteroatoms. The van der Waals surface area contributed by atoms with Gasteiger partial charge in [-0.3, -0.25) is 9.59 Å². The average molecular weight is 241 g/mol. The van der Waals surface area contributed by atoms with Gasteiger partial charge in [-0.1, -0.05) is 12.8 Å². The van der Waals surface area contributed by atoms with Gasteiger partial charge in [-0.15, -0.1) is 0 Å². The van der Waals surface area contributed by atoms with Gasteiger partial charge < -0.3 is 15.5 Å². The third-order valence-corrected chi connectivity index (χ3v) is 3.05. The maximum Gasteiger partial charge on any atom is 0.244 e. The van der Waals surface area contributed by atoms with Crippen molar-refractivity contribution in [2.75, 3.05) is 20.6 Å². The van der Waals surface area contributed by atoms with E-state index in [-0.39, 0.29) is 17.9 Å². The summed E-state index contributed by atoms with van der Waals surface area (Å²) >= 11 is 0. The zero-order valence-electron chi connectivity index (χ0n) is 11.0. The number of rotatable bonds is 3. The molecule has 0 aromatic carbocycles. The second-order valence-corrected chi connectivity index (χ2v) is 4.82. The fraction of sp³-hybridized carbons (Fsp3) is 0.833. The minimum Gasteiger partial charge on any atom is -0.347 e. The number of hydrogen-bond acceptors (Lipinski definition) is 3. The molecule has 0 radical (unpaired) electrons. The number of hydrogen-bond donors (Lipinski definition) is 2. The SMILES string of the molecule is CC(NC(=O)C1CCCCCN1)C(=O)N(C)C. The topological polar surface area (TPSA) is 61.4 Å². The van der Waals surface area contributed by atoms with Crippen molar-refractivity contribution in [3.63, 3.8) is 0 Å². The largest absolute Gasteiger partial charge is 0.347 e. The van der Waals surface area contributed by atoms with Crippen LogP contribution in [-0.2, 0) is 9.59 Å². The fourth-order valence-electron chi connectivity index (χ4n) is 2.02. The molecule has 1 aliphatic rings. The molecule has 0 aromatic rings. The van der Waals surface area contributed by atoms with Crippen LogP contribution in [0.15, 0.2) is 0 Å². The summed E-state index contributed by atoms with van der Waals surface area (Å²) in [5, 5.41) is 5.98. The van der Waals surface area contributed by atoms with E-state index in [1.165, 1.54) is 11.3 Å². The van der Waals surface area contributed by atoms with Crippen LogP contribution in [0.1, 0.15) is 32.6 Å². The first-order valence-corrected chi connectivity index (χ1v) is 6.27. The third kappa shape index (κ3) is 4.34. The zero-order valence-corrected chi connectivity index (χ0v) is 11.0. The lowest BCUT2D eigenvalue weighted by Crippen LogP contribution is -2.51. The molecule has 1 saturated heterocycles. The Balaban J connectivity index is 2.44. The summed E-state index contributed by atoms with van der Waals surface area (Å²) in [6.07, 6.45) is 4.22. The summed E-state index contributed by atoms with van der Waals surface area (Å²) in [5.74, 6) is -0.137. The maximum absolute atomic E-state index is 11.9. The molecule has 2 N–H and O–H groups in total. The number of carbonyl (C=O) groups excluding carboxylic acids is 2. The van der Waals surface area contributed by atoms with Gasteiger partial charge in [-0.25, -0.2) is 0 Å². The molecule has 0 saturated carbocycles. The first-order chi connectivity index (χ1) is 8.02. The monoisotopic (exact) mass is 241 g/mol. The second kappa shape index (κ2) is 6.59. The van der Waals surface area contributed by atoms with E-state index in [1.54, 1.807) is 21.0 Å². The zero-order chi connectivity index (χ0) is 12.8. The minimum absolute atomic E-state index is 0.0606. The van der Waals surface area contributed by atoms with Crippen molar-refractivity contribution >= 4 is 11.8 Å². The highest BCUT2D eigenvalue weighted by atomic mass is 16.2. The van der Waals surface area contributed by atoms with Gasteiger partial charge in [0.2, 0.25) is 11.8 Å². The van der Waals surface area contributed by atoms with Crippen molar-refractivity contribution in [1.29, 1.82) is 0 Å². The van der Waals surface area contributed by atoms with Gasteiger partial charge in [0, 0.05) is 14.1 Å². The van der Waals surface area contributed by atoms with Crippen LogP contribution in [0.5, 0.6) is 0 Å². The van der Waals surface area contributed by atoms with Crippen LogP contribution in [0.3, 0.4) is 0 Å². The van der Waals surface area contributed by atoms with E-state index >= 15 is 0 Å². The lowest BCUT2D eigenvalue weighted by atomic mass is 10.1. The molecular weight excluding hydrogens is 218 g/mol. The van der Waals surface area contributed by atoms with Crippen molar-refractivity contribution in [2.45, 2.75) is 44.7 Å². The predicted octanol–water partition coefficient (Wildman–Crippen LogP) is 0.112. The quantitative estimate of drug-likeness (QED) is 0.737. The fourth-order valence-corrected chi connectivity index (χ4v) is 2.02. The molecule has 0 spiro atoms. The van der Waals surface area contributed by atoms with Gasteiger partial charge in [0.15, 0.2) is 0 Å². The van der Waals surface area contributed by atoms with Crippen LogP contribution < -0.4 is 10.6 Å². The van der Waals surface area contributed by atoms with Gasteiger partial charge in [-0.05, 0) is 26.3 Å². The number of nitrogens with one attached hydrogen (secondary N) is 2. The maximum atomic E-state index is 11.9. The molecule has 1 rings (SSSR count). The molecule has 17 heavy (non-hydrogen) atoms. The standard InChI is InChI=1S/C12H23N3O2/c1-9(12(17)15(2)3)14-11(16)10-7-5-4-6-8-13-10/h9-10,13H,4-8H2,1-3H3,(H,14,16). The summed E-state index contributed by atoms with van der Waals surface area (Å²) in [6, 6.07) is -0.600. The highest BCUT2D eigenvalue weighted by molar-refractivity contribution is 5.89. The highest BCUT2D eigenvalue weighted by Crippen LogP contribution is 2.08. The van der Waals surface area contributed by atoms with E-state index in [1.807, 2.05) is 0 Å². The van der Waals surface area contributed by atoms with E-state index in [4.69, 9.17) is 0 Å². The van der Waals surface area contributed by atoms with Crippen LogP contribution in [0.25, 0.3) is 0 Å². The van der Waals surface area contributed by atoms with Gasteiger partial charge in [0.1, 0.15) is 6.04 Å². The molecule has 98 valence electrons. The molecule has 2 amide bonds. The summed E-state index contributed by atoms with van der Waals surface area (Å²) in [7, 11) is 3.38. The summed E-state index contributed by atoms with van der Waals surface area (Å²) in [4.78, 5) is 25.1. The first-order valence-electron chi connectivity index (χ1n) is 6.27. The van der Waals surface area contributed by atoms with Crippen LogP contribution in [0, 0.1) is 0 Å². The van der Waals surface area contributed by atoms with Crippen molar-refractivity contribution in [3.05, 3.63) is 0 Å². The van der Waals surface area contributed by atoms with Gasteiger partial charge in [0.05, 0.1) is 6.04 Å². The minimum atomic E-state index is -0.456. The smallest absolute Gasteiger partial charge is 0.244 e. The molecule has 0 bridgehead atoms. The molecule has 1 heterocycles. The Morgan fingerprint density at radius 3 is 2.65 bits per heavy atom. The lowest BCUT2D eigenvalue weighted by Gasteiger charge is -2.21. The molecule has 0 aliphatic carbocycles. The van der Waals surface area contributed by atoms with Crippen molar-refractivity contribution in [3.8, 4) is 0 Å². The van der Waals surface area contributed by atoms with Crippen molar-refractivity contribution in [2.24, 2.45) is 0 Å². The van der Waals surface area contributed by atoms with Crippen LogP contribution in [-0.4, -0.2) is 49.4 Å². The average Bonchev–Trinajstić information content (AvgIpc) is 2.56. The summed E-state index contributed by atoms with van der Waals surface area (Å²) in [5.41, 5.74) is 0. The number of likely N-dealkylation sites (N-methyl/N-ethyl adjacent to an activating group) is 1. The Morgan fingerprint density at radius 2 is 2.00 bits per heavy atom. The van der Waals surface area contributed by atoms with Gasteiger partial charge >= 0.3 is 0 Å². The Hall–Kier alpha value is -1.10. The van der Waals surface area contributed by atoms with Crippen molar-refractivity contribution in [1.82, 2.24) is 15.5 Å². The van der Waals surface area contributed by atoms with Crippen LogP contribution in [0.4, 0.5) is 0 Å². The summed E-state index contributed by atoms with van der Waals surface area (Å²) in [6.45, 7) is 2.60. The third-order valence-electron chi connectivity index (χ3n) is 3.05. The Morgan fingerprint density at radius 1 is 1.29 bits per heavy atom. The Kier molecular flexibility index (Phi) is 5.41. The molecule has 1 fully saturated rings. The van der Waals surface area contributed by atoms with Gasteiger partial charge in [0.25, 0.3) is 0 Å². The highest BCUT2D eigenvalue weighted by Gasteiger charge is 2.23. The summed E-state index contributed by atoms with van der Waals surface area (Å²) < 4.78 is 0. The number of carbonyl (C=O) groups is 2. The first kappa shape index (κ1) is 14.0. The number of amides is 2. The lowest BCUT2D eigenvalue weighted by molar-refractivity contribution is -0.134. The Bertz CT molecular complexity index is 271. The molecular formula is C12H23N3O2. The van der Waals surface area contributed by atoms with Gasteiger partial charge in [-0.2, -0.15) is 0 Å². The normalized spacial score (nSPS) is 22.4. The van der Waals surface area contributed by atoms with E-state index in [2.05, 4.69) is 10.6 Å². The molecule has 2 unspecified atom stereocenters. The van der Waals surface area contributed by atoms with Crippen LogP contribution in [0.2, 0.25) is 0 Å². The van der Waals surface area contributed by atoms with E-state index in [0.29, 0.717) is 0 Å². The molecule has 2 atom stereocenters.